The van der Waals surface area contributed by atoms with Crippen molar-refractivity contribution in [3.05, 3.63) is 42.5 Å². The molecule has 1 rings (SSSR count). The van der Waals surface area contributed by atoms with Gasteiger partial charge in [0, 0.05) is 12.3 Å². The Balaban J connectivity index is 3.37. The first-order valence-electron chi connectivity index (χ1n) is 4.14. The third-order valence-corrected chi connectivity index (χ3v) is 3.10. The van der Waals surface area contributed by atoms with Crippen LogP contribution in [0, 0.1) is 0 Å². The van der Waals surface area contributed by atoms with Crippen molar-refractivity contribution in [2.24, 2.45) is 5.73 Å². The zero-order valence-corrected chi connectivity index (χ0v) is 8.79. The van der Waals surface area contributed by atoms with E-state index in [0.717, 1.165) is 0 Å². The Morgan fingerprint density at radius 3 is 2.50 bits per heavy atom. The van der Waals surface area contributed by atoms with Gasteiger partial charge < -0.3 is 5.73 Å². The fourth-order valence-electron chi connectivity index (χ4n) is 1.22. The van der Waals surface area contributed by atoms with Crippen molar-refractivity contribution in [2.45, 2.75) is 10.9 Å². The van der Waals surface area contributed by atoms with Gasteiger partial charge >= 0.3 is 0 Å². The maximum atomic E-state index is 11.4. The summed E-state index contributed by atoms with van der Waals surface area (Å²) in [7, 11) is -3.22. The van der Waals surface area contributed by atoms with Gasteiger partial charge in [0.2, 0.25) is 0 Å². The molecule has 14 heavy (non-hydrogen) atoms. The van der Waals surface area contributed by atoms with Crippen LogP contribution >= 0.6 is 0 Å². The Bertz CT molecular complexity index is 437. The summed E-state index contributed by atoms with van der Waals surface area (Å²) in [5.74, 6) is 0. The molecule has 0 fully saturated rings. The van der Waals surface area contributed by atoms with E-state index in [1.54, 1.807) is 24.3 Å². The summed E-state index contributed by atoms with van der Waals surface area (Å²) < 4.78 is 22.8. The largest absolute Gasteiger partial charge is 0.321 e. The molecule has 4 heteroatoms. The number of rotatable bonds is 3. The van der Waals surface area contributed by atoms with Crippen LogP contribution in [0.3, 0.4) is 0 Å². The fraction of sp³-hybridized carbons (Fsp3) is 0.200. The molecule has 0 amide bonds. The third-order valence-electron chi connectivity index (χ3n) is 1.93. The SMILES string of the molecule is C=C[C@@H](N)c1ccccc1S(C)(=O)=O. The van der Waals surface area contributed by atoms with E-state index < -0.39 is 15.9 Å². The Kier molecular flexibility index (Phi) is 3.08. The van der Waals surface area contributed by atoms with Crippen LogP contribution in [0.25, 0.3) is 0 Å². The van der Waals surface area contributed by atoms with Crippen LogP contribution in [0.5, 0.6) is 0 Å². The first-order chi connectivity index (χ1) is 6.46. The minimum atomic E-state index is -3.22. The number of hydrogen-bond acceptors (Lipinski definition) is 3. The van der Waals surface area contributed by atoms with E-state index >= 15 is 0 Å². The first kappa shape index (κ1) is 10.9. The van der Waals surface area contributed by atoms with Crippen LogP contribution in [0.1, 0.15) is 11.6 Å². The Morgan fingerprint density at radius 2 is 2.00 bits per heavy atom. The van der Waals surface area contributed by atoms with E-state index in [1.165, 1.54) is 12.3 Å². The molecular formula is C10H13NO2S. The zero-order chi connectivity index (χ0) is 10.8. The Morgan fingerprint density at radius 1 is 1.43 bits per heavy atom. The molecule has 0 aliphatic heterocycles. The lowest BCUT2D eigenvalue weighted by molar-refractivity contribution is 0.600. The van der Waals surface area contributed by atoms with Crippen LogP contribution in [-0.2, 0) is 9.84 Å². The second-order valence-electron chi connectivity index (χ2n) is 3.07. The molecule has 0 bridgehead atoms. The molecule has 76 valence electrons. The van der Waals surface area contributed by atoms with Crippen molar-refractivity contribution < 1.29 is 8.42 Å². The number of nitrogens with two attached hydrogens (primary N) is 1. The monoisotopic (exact) mass is 211 g/mol. The van der Waals surface area contributed by atoms with Gasteiger partial charge in [-0.2, -0.15) is 0 Å². The average Bonchev–Trinajstić information content (AvgIpc) is 2.15. The highest BCUT2D eigenvalue weighted by Gasteiger charge is 2.15. The molecular weight excluding hydrogens is 198 g/mol. The topological polar surface area (TPSA) is 60.2 Å². The first-order valence-corrected chi connectivity index (χ1v) is 6.03. The van der Waals surface area contributed by atoms with Crippen LogP contribution in [0.2, 0.25) is 0 Å². The molecule has 1 atom stereocenters. The third kappa shape index (κ3) is 2.21. The maximum absolute atomic E-state index is 11.4. The second-order valence-corrected chi connectivity index (χ2v) is 5.06. The lowest BCUT2D eigenvalue weighted by atomic mass is 10.1. The second kappa shape index (κ2) is 3.94. The van der Waals surface area contributed by atoms with Crippen molar-refractivity contribution >= 4 is 9.84 Å². The highest BCUT2D eigenvalue weighted by Crippen LogP contribution is 2.21. The lowest BCUT2D eigenvalue weighted by Crippen LogP contribution is -2.11. The molecule has 0 saturated heterocycles. The van der Waals surface area contributed by atoms with Crippen LogP contribution in [-0.4, -0.2) is 14.7 Å². The van der Waals surface area contributed by atoms with E-state index in [0.29, 0.717) is 5.56 Å². The van der Waals surface area contributed by atoms with E-state index in [-0.39, 0.29) is 4.90 Å². The van der Waals surface area contributed by atoms with Gasteiger partial charge in [-0.3, -0.25) is 0 Å². The summed E-state index contributed by atoms with van der Waals surface area (Å²) in [6, 6.07) is 6.24. The van der Waals surface area contributed by atoms with E-state index in [4.69, 9.17) is 5.73 Å². The lowest BCUT2D eigenvalue weighted by Gasteiger charge is -2.11. The molecule has 3 nitrogen and oxygen atoms in total. The van der Waals surface area contributed by atoms with Gasteiger partial charge in [0.15, 0.2) is 9.84 Å². The van der Waals surface area contributed by atoms with Gasteiger partial charge in [0.05, 0.1) is 4.90 Å². The molecule has 0 radical (unpaired) electrons. The van der Waals surface area contributed by atoms with Crippen LogP contribution in [0.4, 0.5) is 0 Å². The van der Waals surface area contributed by atoms with Gasteiger partial charge in [0.25, 0.3) is 0 Å². The average molecular weight is 211 g/mol. The van der Waals surface area contributed by atoms with Gasteiger partial charge in [-0.1, -0.05) is 24.3 Å². The molecule has 0 aliphatic carbocycles. The molecule has 0 saturated carbocycles. The number of hydrogen-bond donors (Lipinski definition) is 1. The molecule has 0 aromatic heterocycles. The van der Waals surface area contributed by atoms with Crippen molar-refractivity contribution in [3.8, 4) is 0 Å². The van der Waals surface area contributed by atoms with E-state index in [1.807, 2.05) is 0 Å². The maximum Gasteiger partial charge on any atom is 0.175 e. The highest BCUT2D eigenvalue weighted by atomic mass is 32.2. The Labute approximate surface area is 84.2 Å². The Hall–Kier alpha value is -1.13. The summed E-state index contributed by atoms with van der Waals surface area (Å²) in [6.07, 6.45) is 2.69. The molecule has 0 heterocycles. The van der Waals surface area contributed by atoms with Gasteiger partial charge in [-0.25, -0.2) is 8.42 Å². The normalized spacial score (nSPS) is 13.6. The number of sulfone groups is 1. The fourth-order valence-corrected chi connectivity index (χ4v) is 2.18. The minimum absolute atomic E-state index is 0.271. The predicted octanol–water partition coefficient (Wildman–Crippen LogP) is 1.28. The molecule has 1 aromatic carbocycles. The summed E-state index contributed by atoms with van der Waals surface area (Å²) >= 11 is 0. The van der Waals surface area contributed by atoms with Crippen molar-refractivity contribution in [1.82, 2.24) is 0 Å². The molecule has 0 spiro atoms. The molecule has 1 aromatic rings. The quantitative estimate of drug-likeness (QED) is 0.766. The van der Waals surface area contributed by atoms with E-state index in [2.05, 4.69) is 6.58 Å². The van der Waals surface area contributed by atoms with Crippen LogP contribution < -0.4 is 5.73 Å². The molecule has 0 aliphatic rings. The number of benzene rings is 1. The summed E-state index contributed by atoms with van der Waals surface area (Å²) in [5.41, 5.74) is 6.30. The summed E-state index contributed by atoms with van der Waals surface area (Å²) in [4.78, 5) is 0.271. The van der Waals surface area contributed by atoms with Crippen molar-refractivity contribution in [1.29, 1.82) is 0 Å². The van der Waals surface area contributed by atoms with Crippen molar-refractivity contribution in [2.75, 3.05) is 6.26 Å². The van der Waals surface area contributed by atoms with Gasteiger partial charge in [-0.15, -0.1) is 6.58 Å². The zero-order valence-electron chi connectivity index (χ0n) is 7.97. The van der Waals surface area contributed by atoms with Gasteiger partial charge in [-0.05, 0) is 11.6 Å². The predicted molar refractivity (Wildman–Crippen MR) is 56.7 cm³/mol. The summed E-state index contributed by atoms with van der Waals surface area (Å²) in [6.45, 7) is 3.54. The molecule has 0 unspecified atom stereocenters. The van der Waals surface area contributed by atoms with E-state index in [9.17, 15) is 8.42 Å². The summed E-state index contributed by atoms with van der Waals surface area (Å²) in [5, 5.41) is 0. The smallest absolute Gasteiger partial charge is 0.175 e. The van der Waals surface area contributed by atoms with Gasteiger partial charge in [0.1, 0.15) is 0 Å². The minimum Gasteiger partial charge on any atom is -0.321 e. The highest BCUT2D eigenvalue weighted by molar-refractivity contribution is 7.90. The molecule has 2 N–H and O–H groups in total. The standard InChI is InChI=1S/C10H13NO2S/c1-3-9(11)8-6-4-5-7-10(8)14(2,12)13/h3-7,9H,1,11H2,2H3/t9-/m1/s1. The van der Waals surface area contributed by atoms with Crippen molar-refractivity contribution in [3.63, 3.8) is 0 Å². The van der Waals surface area contributed by atoms with Crippen LogP contribution in [0.15, 0.2) is 41.8 Å².